The van der Waals surface area contributed by atoms with Gasteiger partial charge >= 0.3 is 0 Å². The Morgan fingerprint density at radius 1 is 1.80 bits per heavy atom. The van der Waals surface area contributed by atoms with Crippen LogP contribution in [0.3, 0.4) is 0 Å². The van der Waals surface area contributed by atoms with Gasteiger partial charge in [-0.15, -0.1) is 0 Å². The van der Waals surface area contributed by atoms with Gasteiger partial charge in [-0.05, 0) is 0 Å². The molecule has 0 saturated carbocycles. The molecule has 0 aliphatic carbocycles. The molecular weight excluding hydrogens is 124 g/mol. The Labute approximate surface area is 60.5 Å². The van der Waals surface area contributed by atoms with Gasteiger partial charge in [-0.1, -0.05) is 19.2 Å². The topological polar surface area (TPSA) is 17.8 Å². The van der Waals surface area contributed by atoms with Crippen molar-refractivity contribution in [3.8, 4) is 0 Å². The fourth-order valence-electron chi connectivity index (χ4n) is 0.774. The zero-order chi connectivity index (χ0) is 7.40. The van der Waals surface area contributed by atoms with Crippen LogP contribution in [-0.4, -0.2) is 9.55 Å². The van der Waals surface area contributed by atoms with Crippen LogP contribution in [0.15, 0.2) is 25.0 Å². The highest BCUT2D eigenvalue weighted by atomic mass is 15.0. The summed E-state index contributed by atoms with van der Waals surface area (Å²) in [5.41, 5.74) is 0. The molecule has 0 atom stereocenters. The molecule has 2 nitrogen and oxygen atoms in total. The summed E-state index contributed by atoms with van der Waals surface area (Å²) >= 11 is 0. The van der Waals surface area contributed by atoms with Gasteiger partial charge in [0.25, 0.3) is 0 Å². The molecule has 0 unspecified atom stereocenters. The largest absolute Gasteiger partial charge is 0.311 e. The molecule has 10 heavy (non-hydrogen) atoms. The van der Waals surface area contributed by atoms with Gasteiger partial charge in [-0.25, -0.2) is 4.98 Å². The summed E-state index contributed by atoms with van der Waals surface area (Å²) in [5.74, 6) is 0.914. The number of imidazole rings is 1. The van der Waals surface area contributed by atoms with Crippen LogP contribution in [0.1, 0.15) is 5.82 Å². The lowest BCUT2D eigenvalue weighted by molar-refractivity contribution is 0.972. The summed E-state index contributed by atoms with van der Waals surface area (Å²) in [6.45, 7) is 8.85. The first-order chi connectivity index (χ1) is 4.88. The maximum absolute atomic E-state index is 5.23. The second kappa shape index (κ2) is 3.01. The molecule has 0 spiro atoms. The van der Waals surface area contributed by atoms with Crippen LogP contribution in [0, 0.1) is 6.58 Å². The summed E-state index contributed by atoms with van der Waals surface area (Å²) in [7, 11) is 0. The predicted octanol–water partition coefficient (Wildman–Crippen LogP) is 1.52. The molecule has 0 aliphatic rings. The molecule has 0 aliphatic heterocycles. The van der Waals surface area contributed by atoms with Gasteiger partial charge in [0.05, 0.1) is 0 Å². The molecule has 0 aromatic carbocycles. The summed E-state index contributed by atoms with van der Waals surface area (Å²) < 4.78 is 1.84. The van der Waals surface area contributed by atoms with E-state index in [2.05, 4.69) is 11.6 Å². The van der Waals surface area contributed by atoms with Crippen molar-refractivity contribution in [2.45, 2.75) is 6.42 Å². The lowest BCUT2D eigenvalue weighted by atomic mass is 10.4. The monoisotopic (exact) mass is 133 g/mol. The maximum atomic E-state index is 5.23. The van der Waals surface area contributed by atoms with Crippen molar-refractivity contribution < 1.29 is 0 Å². The second-order valence-corrected chi connectivity index (χ2v) is 1.87. The van der Waals surface area contributed by atoms with Gasteiger partial charge in [0, 0.05) is 25.0 Å². The minimum Gasteiger partial charge on any atom is -0.311 e. The van der Waals surface area contributed by atoms with Crippen LogP contribution in [-0.2, 0) is 6.42 Å². The molecule has 0 bridgehead atoms. The highest BCUT2D eigenvalue weighted by molar-refractivity contribution is 5.20. The first-order valence-electron chi connectivity index (χ1n) is 3.06. The third-order valence-corrected chi connectivity index (χ3v) is 1.25. The smallest absolute Gasteiger partial charge is 0.116 e. The minimum atomic E-state index is 0.680. The molecule has 1 radical (unpaired) electrons. The Hall–Kier alpha value is -1.31. The van der Waals surface area contributed by atoms with Crippen LogP contribution >= 0.6 is 0 Å². The molecular formula is C8H9N2. The van der Waals surface area contributed by atoms with Crippen LogP contribution in [0.25, 0.3) is 6.20 Å². The zero-order valence-electron chi connectivity index (χ0n) is 5.70. The predicted molar refractivity (Wildman–Crippen MR) is 41.2 cm³/mol. The fourth-order valence-corrected chi connectivity index (χ4v) is 0.774. The normalized spacial score (nSPS) is 9.20. The Bertz CT molecular complexity index is 235. The molecule has 1 aromatic heterocycles. The second-order valence-electron chi connectivity index (χ2n) is 1.87. The van der Waals surface area contributed by atoms with Crippen molar-refractivity contribution in [3.05, 3.63) is 37.5 Å². The third-order valence-electron chi connectivity index (χ3n) is 1.25. The number of allylic oxidation sites excluding steroid dienone is 1. The van der Waals surface area contributed by atoms with E-state index in [4.69, 9.17) is 6.58 Å². The van der Waals surface area contributed by atoms with Crippen LogP contribution in [0.5, 0.6) is 0 Å². The van der Waals surface area contributed by atoms with E-state index in [0.29, 0.717) is 6.42 Å². The van der Waals surface area contributed by atoms with Crippen molar-refractivity contribution in [1.82, 2.24) is 9.55 Å². The maximum Gasteiger partial charge on any atom is 0.116 e. The summed E-state index contributed by atoms with van der Waals surface area (Å²) in [4.78, 5) is 4.06. The van der Waals surface area contributed by atoms with E-state index < -0.39 is 0 Å². The molecule has 1 aromatic rings. The lowest BCUT2D eigenvalue weighted by Crippen LogP contribution is -1.92. The van der Waals surface area contributed by atoms with E-state index in [1.165, 1.54) is 0 Å². The molecule has 0 N–H and O–H groups in total. The number of nitrogens with zero attached hydrogens (tertiary/aromatic N) is 2. The zero-order valence-corrected chi connectivity index (χ0v) is 5.70. The molecule has 0 saturated heterocycles. The van der Waals surface area contributed by atoms with E-state index in [9.17, 15) is 0 Å². The van der Waals surface area contributed by atoms with Crippen LogP contribution < -0.4 is 0 Å². The Balaban J connectivity index is 2.89. The lowest BCUT2D eigenvalue weighted by Gasteiger charge is -1.95. The summed E-state index contributed by atoms with van der Waals surface area (Å²) in [6, 6.07) is 0. The van der Waals surface area contributed by atoms with Gasteiger partial charge in [-0.3, -0.25) is 0 Å². The summed E-state index contributed by atoms with van der Waals surface area (Å²) in [5, 5.41) is 0. The van der Waals surface area contributed by atoms with E-state index >= 15 is 0 Å². The SMILES string of the molecule is [CH]=CCc1nccn1C=C. The minimum absolute atomic E-state index is 0.680. The molecule has 0 amide bonds. The Morgan fingerprint density at radius 3 is 3.20 bits per heavy atom. The molecule has 1 heterocycles. The van der Waals surface area contributed by atoms with Crippen molar-refractivity contribution in [2.75, 3.05) is 0 Å². The van der Waals surface area contributed by atoms with Gasteiger partial charge < -0.3 is 4.57 Å². The quantitative estimate of drug-likeness (QED) is 0.611. The van der Waals surface area contributed by atoms with Gasteiger partial charge in [0.15, 0.2) is 0 Å². The van der Waals surface area contributed by atoms with E-state index in [1.807, 2.05) is 10.8 Å². The average molecular weight is 133 g/mol. The highest BCUT2D eigenvalue weighted by Crippen LogP contribution is 1.98. The van der Waals surface area contributed by atoms with E-state index in [1.54, 1.807) is 18.5 Å². The fraction of sp³-hybridized carbons (Fsp3) is 0.125. The summed E-state index contributed by atoms with van der Waals surface area (Å²) in [6.07, 6.45) is 7.51. The molecule has 2 heteroatoms. The third kappa shape index (κ3) is 1.16. The van der Waals surface area contributed by atoms with Crippen molar-refractivity contribution in [2.24, 2.45) is 0 Å². The molecule has 51 valence electrons. The number of hydrogen-bond acceptors (Lipinski definition) is 1. The number of hydrogen-bond donors (Lipinski definition) is 0. The number of aromatic nitrogens is 2. The van der Waals surface area contributed by atoms with Crippen molar-refractivity contribution in [1.29, 1.82) is 0 Å². The number of rotatable bonds is 3. The molecule has 0 fully saturated rings. The van der Waals surface area contributed by atoms with Gasteiger partial charge in [0.1, 0.15) is 5.82 Å². The Kier molecular flexibility index (Phi) is 2.05. The first-order valence-corrected chi connectivity index (χ1v) is 3.06. The highest BCUT2D eigenvalue weighted by Gasteiger charge is 1.94. The van der Waals surface area contributed by atoms with Crippen molar-refractivity contribution >= 4 is 6.20 Å². The first kappa shape index (κ1) is 6.81. The van der Waals surface area contributed by atoms with Crippen molar-refractivity contribution in [3.63, 3.8) is 0 Å². The van der Waals surface area contributed by atoms with Crippen LogP contribution in [0.4, 0.5) is 0 Å². The van der Waals surface area contributed by atoms with Crippen LogP contribution in [0.2, 0.25) is 0 Å². The average Bonchev–Trinajstić information content (AvgIpc) is 2.36. The standard InChI is InChI=1S/C8H9N2/c1-3-5-8-9-6-7-10(8)4-2/h1,3-4,6-7H,2,5H2. The van der Waals surface area contributed by atoms with E-state index in [0.717, 1.165) is 5.82 Å². The molecule has 1 rings (SSSR count). The van der Waals surface area contributed by atoms with E-state index in [-0.39, 0.29) is 0 Å². The van der Waals surface area contributed by atoms with Gasteiger partial charge in [-0.2, -0.15) is 0 Å². The Morgan fingerprint density at radius 2 is 2.60 bits per heavy atom. The van der Waals surface area contributed by atoms with Gasteiger partial charge in [0.2, 0.25) is 0 Å².